The largest absolute Gasteiger partial charge is 0.469 e. The molecule has 0 aromatic carbocycles. The molecule has 2 aliphatic heterocycles. The van der Waals surface area contributed by atoms with Gasteiger partial charge in [-0.15, -0.1) is 0 Å². The highest BCUT2D eigenvalue weighted by Gasteiger charge is 2.73. The Balaban J connectivity index is 1.87. The number of methoxy groups -OCH3 is 1. The lowest BCUT2D eigenvalue weighted by Gasteiger charge is -2.48. The zero-order chi connectivity index (χ0) is 20.3. The van der Waals surface area contributed by atoms with Gasteiger partial charge in [0, 0.05) is 7.11 Å². The Morgan fingerprint density at radius 1 is 1.18 bits per heavy atom. The molecular formula is C20H27NO7. The van der Waals surface area contributed by atoms with Gasteiger partial charge in [0.05, 0.1) is 18.2 Å². The first-order valence-electron chi connectivity index (χ1n) is 9.37. The second-order valence-corrected chi connectivity index (χ2v) is 8.27. The van der Waals surface area contributed by atoms with Crippen molar-refractivity contribution in [2.45, 2.75) is 75.3 Å². The summed E-state index contributed by atoms with van der Waals surface area (Å²) >= 11 is 0. The van der Waals surface area contributed by atoms with Crippen LogP contribution < -0.4 is 5.32 Å². The second kappa shape index (κ2) is 6.40. The number of ether oxygens (including phenoxy) is 5. The van der Waals surface area contributed by atoms with Gasteiger partial charge in [-0.1, -0.05) is 6.58 Å². The number of nitrogens with one attached hydrogen (secondary N) is 1. The summed E-state index contributed by atoms with van der Waals surface area (Å²) in [6.45, 7) is 10.8. The third-order valence-electron chi connectivity index (χ3n) is 5.49. The number of hydrogen-bond donors (Lipinski definition) is 1. The van der Waals surface area contributed by atoms with Crippen LogP contribution in [-0.4, -0.2) is 54.7 Å². The highest BCUT2D eigenvalue weighted by molar-refractivity contribution is 5.87. The third-order valence-corrected chi connectivity index (χ3v) is 5.49. The maximum atomic E-state index is 12.3. The molecule has 4 rings (SSSR count). The molecule has 1 aliphatic carbocycles. The van der Waals surface area contributed by atoms with E-state index in [0.717, 1.165) is 0 Å². The smallest absolute Gasteiger partial charge is 0.243 e. The SMILES string of the molecule is C=CC(=O)N[C@H]1[C@@H]2OC(C)(C)O[C@@H]2[C@]2(OC)OC(C)(C)O[C@@H]2[C@@H]1c1ccco1. The Morgan fingerprint density at radius 3 is 2.50 bits per heavy atom. The van der Waals surface area contributed by atoms with Gasteiger partial charge in [-0.2, -0.15) is 0 Å². The quantitative estimate of drug-likeness (QED) is 0.784. The van der Waals surface area contributed by atoms with Crippen molar-refractivity contribution in [3.63, 3.8) is 0 Å². The van der Waals surface area contributed by atoms with E-state index in [9.17, 15) is 4.79 Å². The van der Waals surface area contributed by atoms with Gasteiger partial charge in [0.2, 0.25) is 11.7 Å². The van der Waals surface area contributed by atoms with Crippen molar-refractivity contribution < 1.29 is 32.9 Å². The number of fused-ring (bicyclic) bond motifs is 3. The van der Waals surface area contributed by atoms with Crippen molar-refractivity contribution in [3.05, 3.63) is 36.8 Å². The van der Waals surface area contributed by atoms with Crippen molar-refractivity contribution in [2.24, 2.45) is 0 Å². The summed E-state index contributed by atoms with van der Waals surface area (Å²) in [6, 6.07) is 3.13. The van der Waals surface area contributed by atoms with Crippen LogP contribution in [-0.2, 0) is 28.5 Å². The number of rotatable bonds is 4. The molecule has 3 aliphatic rings. The van der Waals surface area contributed by atoms with E-state index in [-0.39, 0.29) is 5.91 Å². The topological polar surface area (TPSA) is 88.4 Å². The molecule has 0 radical (unpaired) electrons. The Kier molecular flexibility index (Phi) is 4.48. The van der Waals surface area contributed by atoms with Gasteiger partial charge in [0.15, 0.2) is 11.6 Å². The van der Waals surface area contributed by atoms with E-state index in [0.29, 0.717) is 5.76 Å². The van der Waals surface area contributed by atoms with Crippen molar-refractivity contribution in [1.29, 1.82) is 0 Å². The van der Waals surface area contributed by atoms with E-state index in [1.807, 2.05) is 33.8 Å². The zero-order valence-corrected chi connectivity index (χ0v) is 16.8. The molecule has 0 unspecified atom stereocenters. The van der Waals surface area contributed by atoms with E-state index in [1.54, 1.807) is 19.4 Å². The van der Waals surface area contributed by atoms with Gasteiger partial charge >= 0.3 is 0 Å². The lowest BCUT2D eigenvalue weighted by molar-refractivity contribution is -0.304. The van der Waals surface area contributed by atoms with Gasteiger partial charge in [-0.3, -0.25) is 4.79 Å². The highest BCUT2D eigenvalue weighted by atomic mass is 16.9. The van der Waals surface area contributed by atoms with Crippen LogP contribution in [0.3, 0.4) is 0 Å². The van der Waals surface area contributed by atoms with Gasteiger partial charge in [-0.25, -0.2) is 0 Å². The summed E-state index contributed by atoms with van der Waals surface area (Å²) in [6.07, 6.45) is 1.03. The Hall–Kier alpha value is -1.71. The maximum Gasteiger partial charge on any atom is 0.243 e. The fourth-order valence-corrected chi connectivity index (χ4v) is 4.63. The first-order valence-corrected chi connectivity index (χ1v) is 9.37. The second-order valence-electron chi connectivity index (χ2n) is 8.27. The maximum absolute atomic E-state index is 12.3. The molecular weight excluding hydrogens is 366 g/mol. The summed E-state index contributed by atoms with van der Waals surface area (Å²) in [7, 11) is 1.56. The van der Waals surface area contributed by atoms with E-state index in [2.05, 4.69) is 11.9 Å². The third kappa shape index (κ3) is 2.91. The summed E-state index contributed by atoms with van der Waals surface area (Å²) in [4.78, 5) is 12.3. The number of carbonyl (C=O) groups is 1. The average Bonchev–Trinajstić information content (AvgIpc) is 3.30. The van der Waals surface area contributed by atoms with Crippen molar-refractivity contribution in [3.8, 4) is 0 Å². The van der Waals surface area contributed by atoms with E-state index in [4.69, 9.17) is 28.1 Å². The molecule has 6 atom stereocenters. The van der Waals surface area contributed by atoms with E-state index < -0.39 is 47.6 Å². The monoisotopic (exact) mass is 393 g/mol. The van der Waals surface area contributed by atoms with Crippen LogP contribution in [0.4, 0.5) is 0 Å². The Morgan fingerprint density at radius 2 is 1.89 bits per heavy atom. The van der Waals surface area contributed by atoms with Crippen LogP contribution in [0.1, 0.15) is 39.4 Å². The fraction of sp³-hybridized carbons (Fsp3) is 0.650. The number of amides is 1. The molecule has 0 bridgehead atoms. The number of carbonyl (C=O) groups excluding carboxylic acids is 1. The molecule has 1 saturated carbocycles. The Bertz CT molecular complexity index is 759. The Labute approximate surface area is 164 Å². The van der Waals surface area contributed by atoms with Crippen LogP contribution in [0, 0.1) is 0 Å². The van der Waals surface area contributed by atoms with Crippen molar-refractivity contribution in [1.82, 2.24) is 5.32 Å². The van der Waals surface area contributed by atoms with Gasteiger partial charge < -0.3 is 33.4 Å². The normalized spacial score (nSPS) is 40.5. The van der Waals surface area contributed by atoms with Crippen molar-refractivity contribution in [2.75, 3.05) is 7.11 Å². The standard InChI is InChI=1S/C20H27NO7/c1-7-12(22)21-14-13(11-9-8-10-24-11)16-20(23-6,28-19(4,5)26-16)17-15(14)25-18(2,3)27-17/h7-10,13-17H,1H2,2-6H3,(H,21,22)/t13-,14-,15+,16-,17+,20-/m1/s1. The molecule has 8 nitrogen and oxygen atoms in total. The molecule has 8 heteroatoms. The summed E-state index contributed by atoms with van der Waals surface area (Å²) in [5, 5.41) is 2.98. The number of hydrogen-bond acceptors (Lipinski definition) is 7. The van der Waals surface area contributed by atoms with Crippen LogP contribution in [0.25, 0.3) is 0 Å². The van der Waals surface area contributed by atoms with E-state index >= 15 is 0 Å². The zero-order valence-electron chi connectivity index (χ0n) is 16.8. The van der Waals surface area contributed by atoms with Gasteiger partial charge in [0.1, 0.15) is 24.1 Å². The van der Waals surface area contributed by atoms with Crippen LogP contribution in [0.15, 0.2) is 35.5 Å². The summed E-state index contributed by atoms with van der Waals surface area (Å²) in [5.74, 6) is -3.17. The molecule has 2 saturated heterocycles. The minimum Gasteiger partial charge on any atom is -0.469 e. The molecule has 1 N–H and O–H groups in total. The predicted octanol–water partition coefficient (Wildman–Crippen LogP) is 2.06. The molecule has 1 aromatic heterocycles. The summed E-state index contributed by atoms with van der Waals surface area (Å²) in [5.41, 5.74) is 0. The molecule has 3 heterocycles. The van der Waals surface area contributed by atoms with Crippen LogP contribution in [0.2, 0.25) is 0 Å². The average molecular weight is 393 g/mol. The highest BCUT2D eigenvalue weighted by Crippen LogP contribution is 2.55. The van der Waals surface area contributed by atoms with Gasteiger partial charge in [-0.05, 0) is 45.9 Å². The minimum absolute atomic E-state index is 0.322. The minimum atomic E-state index is -1.23. The predicted molar refractivity (Wildman–Crippen MR) is 97.2 cm³/mol. The molecule has 154 valence electrons. The van der Waals surface area contributed by atoms with E-state index in [1.165, 1.54) is 6.08 Å². The summed E-state index contributed by atoms with van der Waals surface area (Å²) < 4.78 is 36.6. The number of furan rings is 1. The lowest BCUT2D eigenvalue weighted by atomic mass is 9.73. The molecule has 28 heavy (non-hydrogen) atoms. The van der Waals surface area contributed by atoms with Gasteiger partial charge in [0.25, 0.3) is 0 Å². The first-order chi connectivity index (χ1) is 13.1. The fourth-order valence-electron chi connectivity index (χ4n) is 4.63. The molecule has 3 fully saturated rings. The lowest BCUT2D eigenvalue weighted by Crippen LogP contribution is -2.69. The van der Waals surface area contributed by atoms with Crippen molar-refractivity contribution >= 4 is 5.91 Å². The molecule has 0 spiro atoms. The first kappa shape index (κ1) is 19.6. The molecule has 1 aromatic rings. The van der Waals surface area contributed by atoms with Crippen LogP contribution in [0.5, 0.6) is 0 Å². The molecule has 1 amide bonds. The van der Waals surface area contributed by atoms with Crippen LogP contribution >= 0.6 is 0 Å².